The average Bonchev–Trinajstić information content (AvgIpc) is 0.751. The zero-order valence-corrected chi connectivity index (χ0v) is 48.7. The highest BCUT2D eigenvalue weighted by Gasteiger charge is 1.99. The van der Waals surface area contributed by atoms with E-state index in [0.717, 1.165) is 24.3 Å². The molecule has 24 nitrogen and oxygen atoms in total. The Kier molecular flexibility index (Phi) is 16.5. The molecule has 0 spiro atoms. The van der Waals surface area contributed by atoms with Gasteiger partial charge in [0.05, 0.1) is 87.1 Å². The maximum atomic E-state index is 7.97. The number of benzene rings is 6. The van der Waals surface area contributed by atoms with Crippen LogP contribution >= 0.6 is 0 Å². The van der Waals surface area contributed by atoms with E-state index in [-0.39, 0.29) is 64.3 Å². The summed E-state index contributed by atoms with van der Waals surface area (Å²) in [5.41, 5.74) is 29.2. The summed E-state index contributed by atoms with van der Waals surface area (Å²) < 4.78 is 363. The summed E-state index contributed by atoms with van der Waals surface area (Å²) in [6.07, 6.45) is -14.3. The van der Waals surface area contributed by atoms with Gasteiger partial charge in [-0.3, -0.25) is 62.4 Å². The third kappa shape index (κ3) is 47.2. The van der Waals surface area contributed by atoms with Crippen LogP contribution in [-0.4, -0.2) is 110 Å². The van der Waals surface area contributed by atoms with Gasteiger partial charge in [0, 0.05) is 51.3 Å². The Morgan fingerprint density at radius 2 is 0.522 bits per heavy atom. The summed E-state index contributed by atoms with van der Waals surface area (Å²) in [5, 5.41) is 56.5. The molecule has 0 bridgehead atoms. The number of aliphatic imine (C=N–C) groups is 6. The first-order valence-corrected chi connectivity index (χ1v) is 24.5. The predicted molar refractivity (Wildman–Crippen MR) is 379 cm³/mol. The molecule has 24 N–H and O–H groups in total. The van der Waals surface area contributed by atoms with Crippen LogP contribution in [0.3, 0.4) is 0 Å². The van der Waals surface area contributed by atoms with Crippen molar-refractivity contribution in [1.29, 1.82) is 32.5 Å². The number of nitrogens with zero attached hydrogens (tertiary/aromatic N) is 6. The number of hydrogen-bond acceptors (Lipinski definition) is 12. The monoisotopic (exact) mass is 1270 g/mol. The minimum absolute atomic E-state index is 0.0554. The van der Waals surface area contributed by atoms with Crippen LogP contribution in [0.5, 0.6) is 0 Å². The summed E-state index contributed by atoms with van der Waals surface area (Å²) in [7, 11) is 0. The number of guanidine groups is 6. The topological polar surface area (TPSA) is 446 Å². The van der Waals surface area contributed by atoms with Crippen molar-refractivity contribution < 1.29 is 64.4 Å². The lowest BCUT2D eigenvalue weighted by atomic mass is 10.2. The number of nitrogens with two attached hydrogens (primary N) is 6. The van der Waals surface area contributed by atoms with Crippen LogP contribution < -0.4 is 66.3 Å². The van der Waals surface area contributed by atoms with Gasteiger partial charge in [-0.2, -0.15) is 0 Å². The quantitative estimate of drug-likeness (QED) is 0.0313. The van der Waals surface area contributed by atoms with Crippen molar-refractivity contribution in [3.63, 3.8) is 0 Å². The van der Waals surface area contributed by atoms with Crippen LogP contribution in [0.2, 0.25) is 0 Å². The van der Waals surface area contributed by atoms with Gasteiger partial charge in [0.15, 0.2) is 35.8 Å². The molecule has 6 aromatic rings. The second-order valence-corrected chi connectivity index (χ2v) is 15.4. The van der Waals surface area contributed by atoms with Gasteiger partial charge >= 0.3 is 0 Å². The second-order valence-electron chi connectivity index (χ2n) is 15.4. The fourth-order valence-corrected chi connectivity index (χ4v) is 4.33. The molecule has 0 saturated carbocycles. The molecule has 24 heteroatoms. The van der Waals surface area contributed by atoms with Crippen molar-refractivity contribution >= 4 is 70.8 Å². The molecule has 0 radical (unpaired) electrons. The molecular weight excluding hydrogens is 1130 g/mol. The normalized spacial score (nSPS) is 21.1. The number of nitrogens with one attached hydrogen (secondary N) is 12. The van der Waals surface area contributed by atoms with Crippen molar-refractivity contribution in [3.8, 4) is 0 Å². The number of aryl methyl sites for hydroxylation is 2. The predicted octanol–water partition coefficient (Wildman–Crippen LogP) is 6.78. The molecule has 90 heavy (non-hydrogen) atoms. The molecule has 0 aromatic heterocycles. The lowest BCUT2D eigenvalue weighted by Gasteiger charge is -2.02. The van der Waals surface area contributed by atoms with Gasteiger partial charge in [-0.15, -0.1) is 0 Å². The molecule has 0 fully saturated rings. The molecule has 0 aliphatic rings. The van der Waals surface area contributed by atoms with Crippen LogP contribution in [0.1, 0.15) is 139 Å². The summed E-state index contributed by atoms with van der Waals surface area (Å²) in [6, 6.07) is -11.9. The Morgan fingerprint density at radius 3 is 0.867 bits per heavy atom. The van der Waals surface area contributed by atoms with E-state index < -0.39 is 274 Å². The molecule has 480 valence electrons. The largest absolute Gasteiger partial charge is 0.370 e. The third-order valence-corrected chi connectivity index (χ3v) is 7.42. The van der Waals surface area contributed by atoms with Crippen LogP contribution in [0.25, 0.3) is 0 Å². The Labute approximate surface area is 598 Å². The van der Waals surface area contributed by atoms with Crippen molar-refractivity contribution in [2.45, 2.75) is 79.9 Å². The van der Waals surface area contributed by atoms with Gasteiger partial charge in [-0.05, 0) is 113 Å². The van der Waals surface area contributed by atoms with Crippen molar-refractivity contribution in [2.75, 3.05) is 39.0 Å². The van der Waals surface area contributed by atoms with Gasteiger partial charge in [-0.1, -0.05) is 181 Å². The maximum Gasteiger partial charge on any atom is 0.194 e. The van der Waals surface area contributed by atoms with E-state index in [0.29, 0.717) is 0 Å². The zero-order chi connectivity index (χ0) is 108. The third-order valence-electron chi connectivity index (χ3n) is 7.42. The Balaban J connectivity index is 0.000000822. The molecular formula is C66H96N24. The van der Waals surface area contributed by atoms with E-state index in [1.54, 1.807) is 0 Å². The second kappa shape index (κ2) is 49.1. The van der Waals surface area contributed by atoms with Gasteiger partial charge in [0.25, 0.3) is 0 Å². The minimum Gasteiger partial charge on any atom is -0.370 e. The van der Waals surface area contributed by atoms with Gasteiger partial charge in [-0.25, -0.2) is 0 Å². The average molecular weight is 1270 g/mol. The van der Waals surface area contributed by atoms with Crippen LogP contribution in [0, 0.1) is 32.5 Å². The lowest BCUT2D eigenvalue weighted by Crippen LogP contribution is -2.35. The molecule has 6 aromatic carbocycles. The van der Waals surface area contributed by atoms with E-state index >= 15 is 0 Å². The molecule has 6 rings (SSSR count). The molecule has 3 unspecified atom stereocenters. The molecule has 0 saturated heterocycles. The molecule has 0 aliphatic heterocycles. The summed E-state index contributed by atoms with van der Waals surface area (Å²) in [6.45, 7) is -8.67. The highest BCUT2D eigenvalue weighted by molar-refractivity contribution is 5.98. The lowest BCUT2D eigenvalue weighted by molar-refractivity contribution is 0.955. The smallest absolute Gasteiger partial charge is 0.194 e. The summed E-state index contributed by atoms with van der Waals surface area (Å²) >= 11 is 0. The van der Waals surface area contributed by atoms with Gasteiger partial charge in [0.2, 0.25) is 0 Å². The number of hydrogen-bond donors (Lipinski definition) is 18. The van der Waals surface area contributed by atoms with Crippen molar-refractivity contribution in [1.82, 2.24) is 31.9 Å². The first-order chi connectivity index (χ1) is 61.7. The Morgan fingerprint density at radius 1 is 0.300 bits per heavy atom. The Hall–Kier alpha value is -11.0. The van der Waals surface area contributed by atoms with E-state index in [4.69, 9.17) is 131 Å². The van der Waals surface area contributed by atoms with Crippen LogP contribution in [0.4, 0.5) is 0 Å². The van der Waals surface area contributed by atoms with Gasteiger partial charge in [0.1, 0.15) is 0 Å². The van der Waals surface area contributed by atoms with E-state index in [9.17, 15) is 0 Å². The van der Waals surface area contributed by atoms with Gasteiger partial charge < -0.3 is 66.3 Å². The first-order valence-electron chi connectivity index (χ1n) is 48.2. The fraction of sp³-hybridized carbons (Fsp3) is 0.273. The summed E-state index contributed by atoms with van der Waals surface area (Å²) in [4.78, 5) is 20.5. The van der Waals surface area contributed by atoms with Crippen molar-refractivity contribution in [3.05, 3.63) is 215 Å². The molecule has 3 atom stereocenters. The molecule has 0 amide bonds. The van der Waals surface area contributed by atoms with Crippen LogP contribution in [0.15, 0.2) is 211 Å². The van der Waals surface area contributed by atoms with E-state index in [1.165, 1.54) is 41.5 Å². The Bertz CT molecular complexity index is 5700. The molecule has 0 aliphatic carbocycles. The highest BCUT2D eigenvalue weighted by Crippen LogP contribution is 2.04. The first kappa shape index (κ1) is 30.2. The zero-order valence-electron chi connectivity index (χ0n) is 95.7. The number of amidine groups is 6. The molecule has 0 heterocycles. The van der Waals surface area contributed by atoms with Crippen molar-refractivity contribution in [2.24, 2.45) is 64.4 Å². The van der Waals surface area contributed by atoms with Crippen LogP contribution in [-0.2, 0) is 38.3 Å². The maximum absolute atomic E-state index is 7.97. The van der Waals surface area contributed by atoms with E-state index in [2.05, 4.69) is 61.9 Å². The standard InChI is InChI=1S/6C11H16N4/c6*1-9(12)15-11(13)14-8-7-10-5-3-2-4-6-10/h6*2-6H,7-8H2,1H3,(H4,12,13,14,15)/i2D,3D,4D,5D,6D,7D2,8D2;2D,3D,4D,5D,6D,7D,8D2;2D,3D,5D,6D,7D2,8D2;2D,3D,5D,6D,7D,8D2;2D,3D,4D,5D,7D2,8D2;2D,3D,4D,5D,7D,8D2. The SMILES string of the molecule is [2H]c1c([2H])c([2H])c(C([2H])([2H])C([2H])([2H])N=C(N)NC(C)=N)c([2H])c1[2H].[2H]c1c([2H])c([2H])c(C([2H])C([2H])([2H])N=C(N)NC(C)=N)c([2H])c1[2H].[2H]c1cc(C([2H])([2H])C([2H])([2H])N=C(N)NC(C)=N)c([2H])c([2H])c1[2H].[2H]c1cc(C([2H])C([2H])([2H])N=C(N)NC(C)=N)c([2H])c([2H])c1[2H].[2H]c1cc([2H])c(C([2H])([2H])C([2H])([2H])N=C(N)NC(C)=N)c([2H])c1[2H].[2H]c1cc([2H])c(C([2H])C([2H])([2H])N=C(N)NC(C)=N)c([2H])c1[2H]. The summed E-state index contributed by atoms with van der Waals surface area (Å²) in [5.74, 6) is -3.50. The highest BCUT2D eigenvalue weighted by atomic mass is 15.1. The fourth-order valence-electron chi connectivity index (χ4n) is 4.33. The van der Waals surface area contributed by atoms with E-state index in [1.807, 2.05) is 0 Å². The number of rotatable bonds is 18. The minimum atomic E-state index is -3.08.